The maximum absolute atomic E-state index is 13.9. The average Bonchev–Trinajstić information content (AvgIpc) is 4.13. The molecule has 4 aromatic carbocycles. The summed E-state index contributed by atoms with van der Waals surface area (Å²) in [5.41, 5.74) is -1.45. The normalized spacial score (nSPS) is 15.9. The van der Waals surface area contributed by atoms with Crippen molar-refractivity contribution in [2.75, 3.05) is 62.8 Å². The zero-order chi connectivity index (χ0) is 55.3. The average molecular weight is 1110 g/mol. The molecule has 2 fully saturated rings. The number of hydrogen-bond donors (Lipinski definition) is 0. The number of anilines is 2. The number of ether oxygens (including phenoxy) is 4. The van der Waals surface area contributed by atoms with Gasteiger partial charge in [0.15, 0.2) is 19.7 Å². The molecule has 2 aliphatic rings. The number of carbonyl (C=O) groups excluding carboxylic acids is 2. The molecule has 6 aromatic rings. The largest absolute Gasteiger partial charge is 0.496 e. The van der Waals surface area contributed by atoms with Crippen molar-refractivity contribution in [2.45, 2.75) is 60.0 Å². The Balaban J connectivity index is 0.000000221. The van der Waals surface area contributed by atoms with Crippen molar-refractivity contribution >= 4 is 42.9 Å². The molecule has 2 saturated heterocycles. The lowest BCUT2D eigenvalue weighted by atomic mass is 10.0. The quantitative estimate of drug-likeness (QED) is 0.0947. The molecule has 24 heteroatoms. The van der Waals surface area contributed by atoms with Crippen molar-refractivity contribution in [3.8, 4) is 33.8 Å². The fourth-order valence-electron chi connectivity index (χ4n) is 8.51. The number of carbonyl (C=O) groups is 2. The van der Waals surface area contributed by atoms with Crippen LogP contribution in [0, 0.1) is 11.6 Å². The summed E-state index contributed by atoms with van der Waals surface area (Å²) in [5.74, 6) is -2.53. The third-order valence-electron chi connectivity index (χ3n) is 12.2. The van der Waals surface area contributed by atoms with Gasteiger partial charge in [0.2, 0.25) is 0 Å². The number of halogens is 8. The Labute approximate surface area is 432 Å². The summed E-state index contributed by atoms with van der Waals surface area (Å²) >= 11 is 0. The summed E-state index contributed by atoms with van der Waals surface area (Å²) in [5, 5.41) is 0. The first-order chi connectivity index (χ1) is 35.8. The topological polar surface area (TPSA) is 172 Å². The van der Waals surface area contributed by atoms with Crippen molar-refractivity contribution in [3.63, 3.8) is 0 Å². The lowest BCUT2D eigenvalue weighted by molar-refractivity contribution is -0.138. The predicted octanol–water partition coefficient (Wildman–Crippen LogP) is 10.3. The Kier molecular flexibility index (Phi) is 17.2. The van der Waals surface area contributed by atoms with Gasteiger partial charge < -0.3 is 28.7 Å². The van der Waals surface area contributed by atoms with Gasteiger partial charge in [0.1, 0.15) is 23.1 Å². The summed E-state index contributed by atoms with van der Waals surface area (Å²) in [6, 6.07) is 14.8. The van der Waals surface area contributed by atoms with Gasteiger partial charge in [0.25, 0.3) is 11.8 Å². The standard InChI is InChI=1S/2C26H24F4N2O5S/c2*1-36-24-13-18(27)5-6-22(24)21-7-8-31-14-23(21)32(15-19-4-3-9-37-19)25(33)16-10-17(26(28,29)30)12-20(11-16)38(2,34)35/h2*5-8,10-14,19H,3-4,9,15H2,1-2H3/t2*19-/m10/s1. The molecule has 2 amide bonds. The van der Waals surface area contributed by atoms with Crippen LogP contribution in [0.5, 0.6) is 11.5 Å². The summed E-state index contributed by atoms with van der Waals surface area (Å²) in [6.45, 7) is 0.845. The fourth-order valence-corrected chi connectivity index (χ4v) is 9.87. The lowest BCUT2D eigenvalue weighted by Crippen LogP contribution is -2.38. The second kappa shape index (κ2) is 23.1. The van der Waals surface area contributed by atoms with Crippen LogP contribution >= 0.6 is 0 Å². The van der Waals surface area contributed by atoms with E-state index in [1.807, 2.05) is 0 Å². The van der Waals surface area contributed by atoms with Crippen molar-refractivity contribution < 1.29 is 80.5 Å². The Morgan fingerprint density at radius 2 is 0.961 bits per heavy atom. The van der Waals surface area contributed by atoms with Gasteiger partial charge in [-0.25, -0.2) is 25.6 Å². The SMILES string of the molecule is COc1cc(F)ccc1-c1ccncc1N(C[C@@H]1CCCO1)C(=O)c1cc(C(F)(F)F)cc(S(C)(=O)=O)c1.COc1cc(F)ccc1-c1ccncc1N(C[C@H]1CCCO1)C(=O)c1cc(C(F)(F)F)cc(S(C)(=O)=O)c1. The van der Waals surface area contributed by atoms with Gasteiger partial charge in [-0.15, -0.1) is 0 Å². The zero-order valence-electron chi connectivity index (χ0n) is 40.9. The third-order valence-corrected chi connectivity index (χ3v) is 14.4. The number of sulfone groups is 2. The van der Waals surface area contributed by atoms with Crippen LogP contribution in [-0.2, 0) is 41.5 Å². The smallest absolute Gasteiger partial charge is 0.416 e. The molecule has 0 N–H and O–H groups in total. The van der Waals surface area contributed by atoms with E-state index in [0.29, 0.717) is 72.6 Å². The van der Waals surface area contributed by atoms with E-state index in [1.54, 1.807) is 12.1 Å². The number of rotatable bonds is 14. The summed E-state index contributed by atoms with van der Waals surface area (Å²) < 4.78 is 180. The van der Waals surface area contributed by atoms with E-state index in [0.717, 1.165) is 49.6 Å². The highest BCUT2D eigenvalue weighted by molar-refractivity contribution is 7.91. The number of hydrogen-bond acceptors (Lipinski definition) is 12. The van der Waals surface area contributed by atoms with E-state index in [4.69, 9.17) is 18.9 Å². The van der Waals surface area contributed by atoms with Crippen molar-refractivity contribution in [1.29, 1.82) is 0 Å². The molecule has 8 rings (SSSR count). The minimum Gasteiger partial charge on any atom is -0.496 e. The number of methoxy groups -OCH3 is 2. The molecule has 2 aliphatic heterocycles. The van der Waals surface area contributed by atoms with E-state index in [-0.39, 0.29) is 36.0 Å². The number of pyridine rings is 2. The zero-order valence-corrected chi connectivity index (χ0v) is 42.5. The monoisotopic (exact) mass is 1100 g/mol. The van der Waals surface area contributed by atoms with Crippen LogP contribution in [0.15, 0.2) is 120 Å². The molecule has 0 unspecified atom stereocenters. The molecule has 404 valence electrons. The highest BCUT2D eigenvalue weighted by Gasteiger charge is 2.37. The summed E-state index contributed by atoms with van der Waals surface area (Å²) in [7, 11) is -5.45. The van der Waals surface area contributed by atoms with Crippen molar-refractivity contribution in [2.24, 2.45) is 0 Å². The molecule has 76 heavy (non-hydrogen) atoms. The molecule has 14 nitrogen and oxygen atoms in total. The molecule has 2 atom stereocenters. The highest BCUT2D eigenvalue weighted by atomic mass is 32.2. The lowest BCUT2D eigenvalue weighted by Gasteiger charge is -2.28. The molecule has 0 bridgehead atoms. The first kappa shape index (κ1) is 56.7. The van der Waals surface area contributed by atoms with E-state index in [1.165, 1.54) is 73.1 Å². The summed E-state index contributed by atoms with van der Waals surface area (Å²) in [6.07, 6.45) is -0.789. The fraction of sp³-hybridized carbons (Fsp3) is 0.308. The number of aromatic nitrogens is 2. The minimum absolute atomic E-state index is 0.0362. The Morgan fingerprint density at radius 1 is 0.579 bits per heavy atom. The van der Waals surface area contributed by atoms with Gasteiger partial charge in [-0.1, -0.05) is 0 Å². The van der Waals surface area contributed by atoms with Gasteiger partial charge in [-0.3, -0.25) is 19.6 Å². The van der Waals surface area contributed by atoms with E-state index in [2.05, 4.69) is 9.97 Å². The van der Waals surface area contributed by atoms with Gasteiger partial charge in [0, 0.05) is 83.6 Å². The first-order valence-corrected chi connectivity index (χ1v) is 26.8. The van der Waals surface area contributed by atoms with Gasteiger partial charge in [0.05, 0.1) is 84.2 Å². The van der Waals surface area contributed by atoms with Gasteiger partial charge >= 0.3 is 12.4 Å². The Morgan fingerprint density at radius 3 is 1.28 bits per heavy atom. The number of nitrogens with zero attached hydrogens (tertiary/aromatic N) is 4. The molecule has 0 spiro atoms. The third kappa shape index (κ3) is 13.5. The predicted molar refractivity (Wildman–Crippen MR) is 263 cm³/mol. The van der Waals surface area contributed by atoms with E-state index in [9.17, 15) is 61.5 Å². The van der Waals surface area contributed by atoms with E-state index >= 15 is 0 Å². The molecule has 0 radical (unpaired) electrons. The highest BCUT2D eigenvalue weighted by Crippen LogP contribution is 2.41. The van der Waals surface area contributed by atoms with Crippen LogP contribution in [0.3, 0.4) is 0 Å². The maximum Gasteiger partial charge on any atom is 0.416 e. The minimum atomic E-state index is -4.89. The van der Waals surface area contributed by atoms with Crippen LogP contribution in [0.4, 0.5) is 46.5 Å². The number of alkyl halides is 6. The van der Waals surface area contributed by atoms with E-state index < -0.39 is 99.7 Å². The molecule has 0 saturated carbocycles. The first-order valence-electron chi connectivity index (χ1n) is 23.0. The van der Waals surface area contributed by atoms with Crippen LogP contribution in [0.25, 0.3) is 22.3 Å². The summed E-state index contributed by atoms with van der Waals surface area (Å²) in [4.78, 5) is 37.1. The maximum atomic E-state index is 13.9. The Hall–Kier alpha value is -7.02. The molecular formula is C52H48F8N4O10S2. The van der Waals surface area contributed by atoms with Gasteiger partial charge in [-0.05, 0) is 98.5 Å². The van der Waals surface area contributed by atoms with Crippen LogP contribution in [-0.4, -0.2) is 104 Å². The second-order valence-electron chi connectivity index (χ2n) is 17.6. The van der Waals surface area contributed by atoms with Crippen LogP contribution in [0.2, 0.25) is 0 Å². The number of benzene rings is 4. The van der Waals surface area contributed by atoms with Crippen molar-refractivity contribution in [3.05, 3.63) is 144 Å². The second-order valence-corrected chi connectivity index (χ2v) is 21.6. The molecule has 4 heterocycles. The molecular weight excluding hydrogens is 1060 g/mol. The van der Waals surface area contributed by atoms with Crippen LogP contribution < -0.4 is 19.3 Å². The van der Waals surface area contributed by atoms with Gasteiger partial charge in [-0.2, -0.15) is 26.3 Å². The van der Waals surface area contributed by atoms with Crippen molar-refractivity contribution in [1.82, 2.24) is 9.97 Å². The number of amides is 2. The molecule has 2 aromatic heterocycles. The van der Waals surface area contributed by atoms with Crippen LogP contribution in [0.1, 0.15) is 57.5 Å². The Bertz CT molecular complexity index is 3130. The molecule has 0 aliphatic carbocycles.